The standard InChI is InChI=1S/C16H23ClN2/c1-18-9-8-16(12-18)19-10-6-14(7-11-19)13-2-4-15(17)5-3-13/h2-5,14,16H,6-12H2,1H3. The quantitative estimate of drug-likeness (QED) is 0.820. The highest BCUT2D eigenvalue weighted by Crippen LogP contribution is 2.30. The number of rotatable bonds is 2. The molecule has 2 heterocycles. The van der Waals surface area contributed by atoms with E-state index in [2.05, 4.69) is 29.0 Å². The predicted octanol–water partition coefficient (Wildman–Crippen LogP) is 3.22. The van der Waals surface area contributed by atoms with Crippen LogP contribution in [0.1, 0.15) is 30.7 Å². The summed E-state index contributed by atoms with van der Waals surface area (Å²) in [4.78, 5) is 5.16. The normalized spacial score (nSPS) is 26.9. The summed E-state index contributed by atoms with van der Waals surface area (Å²) in [6, 6.07) is 9.25. The van der Waals surface area contributed by atoms with Crippen LogP contribution in [0, 0.1) is 0 Å². The summed E-state index contributed by atoms with van der Waals surface area (Å²) in [5.74, 6) is 0.729. The minimum absolute atomic E-state index is 0.729. The Kier molecular flexibility index (Phi) is 4.11. The van der Waals surface area contributed by atoms with Crippen molar-refractivity contribution in [2.75, 3.05) is 33.2 Å². The van der Waals surface area contributed by atoms with E-state index in [1.54, 1.807) is 0 Å². The lowest BCUT2D eigenvalue weighted by Gasteiger charge is -2.36. The van der Waals surface area contributed by atoms with Crippen LogP contribution in [0.3, 0.4) is 0 Å². The highest BCUT2D eigenvalue weighted by Gasteiger charge is 2.29. The zero-order valence-electron chi connectivity index (χ0n) is 11.7. The Bertz CT molecular complexity index is 409. The van der Waals surface area contributed by atoms with Gasteiger partial charge in [0, 0.05) is 17.6 Å². The third-order valence-corrected chi connectivity index (χ3v) is 5.01. The summed E-state index contributed by atoms with van der Waals surface area (Å²) < 4.78 is 0. The highest BCUT2D eigenvalue weighted by atomic mass is 35.5. The molecule has 0 aliphatic carbocycles. The topological polar surface area (TPSA) is 6.48 Å². The molecule has 1 aromatic carbocycles. The summed E-state index contributed by atoms with van der Waals surface area (Å²) in [6.07, 6.45) is 3.94. The number of benzene rings is 1. The lowest BCUT2D eigenvalue weighted by Crippen LogP contribution is -2.42. The average molecular weight is 279 g/mol. The summed E-state index contributed by atoms with van der Waals surface area (Å²) in [5, 5.41) is 0.843. The smallest absolute Gasteiger partial charge is 0.0406 e. The van der Waals surface area contributed by atoms with Crippen molar-refractivity contribution in [1.29, 1.82) is 0 Å². The average Bonchev–Trinajstić information content (AvgIpc) is 2.87. The molecule has 2 saturated heterocycles. The molecule has 2 nitrogen and oxygen atoms in total. The fourth-order valence-electron chi connectivity index (χ4n) is 3.54. The number of hydrogen-bond donors (Lipinski definition) is 0. The Balaban J connectivity index is 1.56. The van der Waals surface area contributed by atoms with Gasteiger partial charge in [0.25, 0.3) is 0 Å². The minimum Gasteiger partial charge on any atom is -0.305 e. The largest absolute Gasteiger partial charge is 0.305 e. The molecule has 0 amide bonds. The van der Waals surface area contributed by atoms with Crippen molar-refractivity contribution in [2.45, 2.75) is 31.2 Å². The van der Waals surface area contributed by atoms with Crippen LogP contribution in [0.4, 0.5) is 0 Å². The molecule has 0 bridgehead atoms. The van der Waals surface area contributed by atoms with Gasteiger partial charge in [0.2, 0.25) is 0 Å². The molecule has 2 aliphatic heterocycles. The van der Waals surface area contributed by atoms with Crippen LogP contribution < -0.4 is 0 Å². The Morgan fingerprint density at radius 2 is 1.68 bits per heavy atom. The summed E-state index contributed by atoms with van der Waals surface area (Å²) in [5.41, 5.74) is 1.47. The molecule has 0 radical (unpaired) electrons. The maximum Gasteiger partial charge on any atom is 0.0406 e. The number of likely N-dealkylation sites (N-methyl/N-ethyl adjacent to an activating group) is 1. The van der Waals surface area contributed by atoms with Crippen molar-refractivity contribution >= 4 is 11.6 Å². The molecular formula is C16H23ClN2. The third-order valence-electron chi connectivity index (χ3n) is 4.75. The molecule has 2 aliphatic rings. The van der Waals surface area contributed by atoms with Crippen LogP contribution in [0.5, 0.6) is 0 Å². The zero-order chi connectivity index (χ0) is 13.2. The molecule has 19 heavy (non-hydrogen) atoms. The SMILES string of the molecule is CN1CCC(N2CCC(c3ccc(Cl)cc3)CC2)C1. The summed E-state index contributed by atoms with van der Waals surface area (Å²) in [6.45, 7) is 5.03. The molecule has 3 heteroatoms. The van der Waals surface area contributed by atoms with Crippen molar-refractivity contribution in [2.24, 2.45) is 0 Å². The highest BCUT2D eigenvalue weighted by molar-refractivity contribution is 6.30. The van der Waals surface area contributed by atoms with Gasteiger partial charge in [-0.15, -0.1) is 0 Å². The third kappa shape index (κ3) is 3.13. The summed E-state index contributed by atoms with van der Waals surface area (Å²) in [7, 11) is 2.24. The van der Waals surface area contributed by atoms with Gasteiger partial charge in [0.15, 0.2) is 0 Å². The van der Waals surface area contributed by atoms with E-state index in [-0.39, 0.29) is 0 Å². The van der Waals surface area contributed by atoms with Crippen molar-refractivity contribution in [3.8, 4) is 0 Å². The second-order valence-electron chi connectivity index (χ2n) is 6.07. The van der Waals surface area contributed by atoms with Gasteiger partial charge >= 0.3 is 0 Å². The van der Waals surface area contributed by atoms with Crippen LogP contribution in [0.15, 0.2) is 24.3 Å². The number of piperidine rings is 1. The molecule has 1 unspecified atom stereocenters. The molecule has 0 N–H and O–H groups in total. The van der Waals surface area contributed by atoms with Gasteiger partial charge in [0.05, 0.1) is 0 Å². The van der Waals surface area contributed by atoms with E-state index < -0.39 is 0 Å². The van der Waals surface area contributed by atoms with Crippen LogP contribution in [-0.2, 0) is 0 Å². The fourth-order valence-corrected chi connectivity index (χ4v) is 3.67. The molecule has 3 rings (SSSR count). The second-order valence-corrected chi connectivity index (χ2v) is 6.50. The first-order chi connectivity index (χ1) is 9.22. The molecule has 0 aromatic heterocycles. The molecular weight excluding hydrogens is 256 g/mol. The lowest BCUT2D eigenvalue weighted by molar-refractivity contribution is 0.154. The second kappa shape index (κ2) is 5.82. The molecule has 0 saturated carbocycles. The number of halogens is 1. The van der Waals surface area contributed by atoms with Crippen molar-refractivity contribution < 1.29 is 0 Å². The van der Waals surface area contributed by atoms with Gasteiger partial charge in [-0.05, 0) is 69.6 Å². The Labute approximate surface area is 121 Å². The first-order valence-electron chi connectivity index (χ1n) is 7.40. The first kappa shape index (κ1) is 13.4. The predicted molar refractivity (Wildman–Crippen MR) is 80.9 cm³/mol. The van der Waals surface area contributed by atoms with Crippen molar-refractivity contribution in [3.05, 3.63) is 34.9 Å². The van der Waals surface area contributed by atoms with Crippen LogP contribution in [0.25, 0.3) is 0 Å². The number of likely N-dealkylation sites (tertiary alicyclic amines) is 2. The first-order valence-corrected chi connectivity index (χ1v) is 7.78. The molecule has 1 aromatic rings. The van der Waals surface area contributed by atoms with E-state index in [0.717, 1.165) is 17.0 Å². The minimum atomic E-state index is 0.729. The fraction of sp³-hybridized carbons (Fsp3) is 0.625. The van der Waals surface area contributed by atoms with Crippen LogP contribution in [0.2, 0.25) is 5.02 Å². The van der Waals surface area contributed by atoms with Crippen LogP contribution in [-0.4, -0.2) is 49.1 Å². The van der Waals surface area contributed by atoms with E-state index in [9.17, 15) is 0 Å². The Hall–Kier alpha value is -0.570. The lowest BCUT2D eigenvalue weighted by atomic mass is 9.89. The maximum atomic E-state index is 5.96. The van der Waals surface area contributed by atoms with Gasteiger partial charge < -0.3 is 4.90 Å². The van der Waals surface area contributed by atoms with E-state index in [1.807, 2.05) is 12.1 Å². The van der Waals surface area contributed by atoms with Gasteiger partial charge in [-0.1, -0.05) is 23.7 Å². The van der Waals surface area contributed by atoms with E-state index >= 15 is 0 Å². The van der Waals surface area contributed by atoms with Crippen molar-refractivity contribution in [1.82, 2.24) is 9.80 Å². The van der Waals surface area contributed by atoms with Crippen molar-refractivity contribution in [3.63, 3.8) is 0 Å². The summed E-state index contributed by atoms with van der Waals surface area (Å²) >= 11 is 5.96. The number of nitrogens with zero attached hydrogens (tertiary/aromatic N) is 2. The van der Waals surface area contributed by atoms with Gasteiger partial charge in [-0.2, -0.15) is 0 Å². The Morgan fingerprint density at radius 3 is 2.26 bits per heavy atom. The molecule has 104 valence electrons. The molecule has 2 fully saturated rings. The van der Waals surface area contributed by atoms with Crippen LogP contribution >= 0.6 is 11.6 Å². The molecule has 0 spiro atoms. The van der Waals surface area contributed by atoms with Gasteiger partial charge in [0.1, 0.15) is 0 Å². The van der Waals surface area contributed by atoms with Gasteiger partial charge in [-0.25, -0.2) is 0 Å². The van der Waals surface area contributed by atoms with E-state index in [4.69, 9.17) is 11.6 Å². The van der Waals surface area contributed by atoms with E-state index in [1.165, 1.54) is 51.0 Å². The molecule has 1 atom stereocenters. The van der Waals surface area contributed by atoms with E-state index in [0.29, 0.717) is 0 Å². The Morgan fingerprint density at radius 1 is 1.00 bits per heavy atom. The maximum absolute atomic E-state index is 5.96. The monoisotopic (exact) mass is 278 g/mol. The number of hydrogen-bond acceptors (Lipinski definition) is 2. The van der Waals surface area contributed by atoms with Gasteiger partial charge in [-0.3, -0.25) is 4.90 Å². The zero-order valence-corrected chi connectivity index (χ0v) is 12.4.